The van der Waals surface area contributed by atoms with Crippen molar-refractivity contribution >= 4 is 34.6 Å². The van der Waals surface area contributed by atoms with Crippen molar-refractivity contribution in [1.29, 1.82) is 0 Å². The number of fused-ring (bicyclic) bond motifs is 1. The number of anilines is 4. The zero-order valence-electron chi connectivity index (χ0n) is 13.4. The summed E-state index contributed by atoms with van der Waals surface area (Å²) in [6, 6.07) is 0.491. The first-order valence-electron chi connectivity index (χ1n) is 8.17. The Hall–Kier alpha value is -2.38. The monoisotopic (exact) mass is 314 g/mol. The van der Waals surface area contributed by atoms with Crippen molar-refractivity contribution in [3.63, 3.8) is 0 Å². The Labute approximate surface area is 134 Å². The molecule has 4 rings (SSSR count). The van der Waals surface area contributed by atoms with Crippen LogP contribution in [-0.4, -0.2) is 40.1 Å². The molecule has 0 atom stereocenters. The Kier molecular flexibility index (Phi) is 3.32. The van der Waals surface area contributed by atoms with E-state index < -0.39 is 0 Å². The second-order valence-electron chi connectivity index (χ2n) is 6.37. The smallest absolute Gasteiger partial charge is 0.225 e. The first-order valence-corrected chi connectivity index (χ1v) is 8.17. The molecular weight excluding hydrogens is 292 g/mol. The van der Waals surface area contributed by atoms with Crippen molar-refractivity contribution in [2.75, 3.05) is 35.8 Å². The quantitative estimate of drug-likeness (QED) is 0.637. The lowest BCUT2D eigenvalue weighted by Crippen LogP contribution is -2.25. The summed E-state index contributed by atoms with van der Waals surface area (Å²) in [4.78, 5) is 17.7. The number of rotatable bonds is 6. The summed E-state index contributed by atoms with van der Waals surface area (Å²) >= 11 is 0. The second kappa shape index (κ2) is 5.36. The largest absolute Gasteiger partial charge is 0.371 e. The van der Waals surface area contributed by atoms with E-state index in [0.717, 1.165) is 11.8 Å². The van der Waals surface area contributed by atoms with Gasteiger partial charge in [0.2, 0.25) is 11.9 Å². The van der Waals surface area contributed by atoms with Gasteiger partial charge in [0.15, 0.2) is 11.6 Å². The highest BCUT2D eigenvalue weighted by molar-refractivity contribution is 5.94. The first kappa shape index (κ1) is 14.2. The van der Waals surface area contributed by atoms with Crippen LogP contribution in [-0.2, 0) is 0 Å². The van der Waals surface area contributed by atoms with Crippen LogP contribution < -0.4 is 21.7 Å². The van der Waals surface area contributed by atoms with E-state index in [2.05, 4.69) is 35.9 Å². The van der Waals surface area contributed by atoms with Crippen LogP contribution in [0.25, 0.3) is 11.0 Å². The standard InChI is InChI=1S/C15H22N8/c1-17-12-11-10(19-14(16)22-12)13(18-2)23-15(21-11)20-9(7-3-4-7)8-5-6-8/h7-9H,3-6H2,1-2H3,(H3,16,17,19,22)(H2,18,20,21,23). The second-order valence-corrected chi connectivity index (χ2v) is 6.37. The molecule has 2 saturated carbocycles. The predicted octanol–water partition coefficient (Wildman–Crippen LogP) is 1.69. The van der Waals surface area contributed by atoms with Crippen LogP contribution in [0, 0.1) is 11.8 Å². The van der Waals surface area contributed by atoms with E-state index in [1.165, 1.54) is 25.7 Å². The van der Waals surface area contributed by atoms with E-state index in [1.54, 1.807) is 7.05 Å². The third-order valence-electron chi connectivity index (χ3n) is 4.59. The molecule has 0 unspecified atom stereocenters. The summed E-state index contributed by atoms with van der Waals surface area (Å²) in [6.45, 7) is 0. The van der Waals surface area contributed by atoms with Crippen LogP contribution in [0.4, 0.5) is 23.5 Å². The molecule has 2 aromatic heterocycles. The van der Waals surface area contributed by atoms with Gasteiger partial charge in [0.05, 0.1) is 0 Å². The molecule has 0 aliphatic heterocycles. The lowest BCUT2D eigenvalue weighted by atomic mass is 10.1. The third kappa shape index (κ3) is 2.69. The number of aromatic nitrogens is 4. The summed E-state index contributed by atoms with van der Waals surface area (Å²) in [5, 5.41) is 9.68. The van der Waals surface area contributed by atoms with Gasteiger partial charge in [-0.3, -0.25) is 0 Å². The van der Waals surface area contributed by atoms with Crippen molar-refractivity contribution in [2.24, 2.45) is 11.8 Å². The predicted molar refractivity (Wildman–Crippen MR) is 91.5 cm³/mol. The fourth-order valence-electron chi connectivity index (χ4n) is 3.13. The topological polar surface area (TPSA) is 114 Å². The van der Waals surface area contributed by atoms with Crippen LogP contribution in [0.1, 0.15) is 25.7 Å². The minimum atomic E-state index is 0.205. The highest BCUT2D eigenvalue weighted by Gasteiger charge is 2.41. The average molecular weight is 314 g/mol. The minimum Gasteiger partial charge on any atom is -0.371 e. The number of nitrogens with zero attached hydrogens (tertiary/aromatic N) is 4. The molecule has 0 amide bonds. The average Bonchev–Trinajstić information content (AvgIpc) is 3.44. The number of nitrogen functional groups attached to an aromatic ring is 1. The van der Waals surface area contributed by atoms with Crippen LogP contribution in [0.2, 0.25) is 0 Å². The van der Waals surface area contributed by atoms with Gasteiger partial charge in [-0.05, 0) is 37.5 Å². The number of nitrogens with two attached hydrogens (primary N) is 1. The SMILES string of the molecule is CNc1nc(NC(C2CC2)C2CC2)nc2c(NC)nc(N)nc12. The first-order chi connectivity index (χ1) is 11.2. The Bertz CT molecular complexity index is 726. The lowest BCUT2D eigenvalue weighted by molar-refractivity contribution is 0.563. The van der Waals surface area contributed by atoms with Crippen LogP contribution >= 0.6 is 0 Å². The summed E-state index contributed by atoms with van der Waals surface area (Å²) in [5.74, 6) is 3.65. The van der Waals surface area contributed by atoms with Crippen LogP contribution in [0.15, 0.2) is 0 Å². The van der Waals surface area contributed by atoms with E-state index in [9.17, 15) is 0 Å². The molecule has 0 spiro atoms. The molecule has 122 valence electrons. The molecule has 0 radical (unpaired) electrons. The van der Waals surface area contributed by atoms with Crippen molar-refractivity contribution in [3.05, 3.63) is 0 Å². The maximum Gasteiger partial charge on any atom is 0.225 e. The highest BCUT2D eigenvalue weighted by atomic mass is 15.2. The molecule has 0 aromatic carbocycles. The molecule has 2 aliphatic carbocycles. The number of nitrogens with one attached hydrogen (secondary N) is 3. The van der Waals surface area contributed by atoms with Crippen molar-refractivity contribution in [1.82, 2.24) is 19.9 Å². The fourth-order valence-corrected chi connectivity index (χ4v) is 3.13. The summed E-state index contributed by atoms with van der Waals surface area (Å²) < 4.78 is 0. The van der Waals surface area contributed by atoms with Gasteiger partial charge >= 0.3 is 0 Å². The van der Waals surface area contributed by atoms with Crippen LogP contribution in [0.3, 0.4) is 0 Å². The molecule has 2 fully saturated rings. The van der Waals surface area contributed by atoms with E-state index in [4.69, 9.17) is 5.73 Å². The maximum absolute atomic E-state index is 5.78. The summed E-state index contributed by atoms with van der Waals surface area (Å²) in [7, 11) is 3.62. The van der Waals surface area contributed by atoms with E-state index in [1.807, 2.05) is 7.05 Å². The molecule has 0 saturated heterocycles. The zero-order valence-corrected chi connectivity index (χ0v) is 13.4. The summed E-state index contributed by atoms with van der Waals surface area (Å²) in [5.41, 5.74) is 7.08. The molecule has 5 N–H and O–H groups in total. The Morgan fingerprint density at radius 1 is 0.870 bits per heavy atom. The third-order valence-corrected chi connectivity index (χ3v) is 4.59. The van der Waals surface area contributed by atoms with Crippen molar-refractivity contribution in [3.8, 4) is 0 Å². The van der Waals surface area contributed by atoms with E-state index >= 15 is 0 Å². The molecular formula is C15H22N8. The van der Waals surface area contributed by atoms with Gasteiger partial charge in [0.25, 0.3) is 0 Å². The van der Waals surface area contributed by atoms with Gasteiger partial charge in [-0.25, -0.2) is 9.97 Å². The molecule has 8 heteroatoms. The lowest BCUT2D eigenvalue weighted by Gasteiger charge is -2.19. The number of hydrogen-bond donors (Lipinski definition) is 4. The molecule has 2 heterocycles. The minimum absolute atomic E-state index is 0.205. The number of hydrogen-bond acceptors (Lipinski definition) is 8. The van der Waals surface area contributed by atoms with Gasteiger partial charge in [-0.2, -0.15) is 9.97 Å². The molecule has 23 heavy (non-hydrogen) atoms. The molecule has 8 nitrogen and oxygen atoms in total. The van der Waals surface area contributed by atoms with Crippen molar-refractivity contribution in [2.45, 2.75) is 31.7 Å². The summed E-state index contributed by atoms with van der Waals surface area (Å²) in [6.07, 6.45) is 5.23. The normalized spacial score (nSPS) is 17.5. The highest BCUT2D eigenvalue weighted by Crippen LogP contribution is 2.45. The van der Waals surface area contributed by atoms with Gasteiger partial charge in [-0.1, -0.05) is 0 Å². The Morgan fingerprint density at radius 3 is 2.00 bits per heavy atom. The Morgan fingerprint density at radius 2 is 1.43 bits per heavy atom. The van der Waals surface area contributed by atoms with Gasteiger partial charge < -0.3 is 21.7 Å². The van der Waals surface area contributed by atoms with Gasteiger partial charge in [0.1, 0.15) is 11.0 Å². The Balaban J connectivity index is 1.76. The fraction of sp³-hybridized carbons (Fsp3) is 0.600. The van der Waals surface area contributed by atoms with E-state index in [-0.39, 0.29) is 5.95 Å². The van der Waals surface area contributed by atoms with Crippen LogP contribution in [0.5, 0.6) is 0 Å². The molecule has 2 aliphatic rings. The van der Waals surface area contributed by atoms with Gasteiger partial charge in [0, 0.05) is 20.1 Å². The van der Waals surface area contributed by atoms with Gasteiger partial charge in [-0.15, -0.1) is 0 Å². The maximum atomic E-state index is 5.78. The van der Waals surface area contributed by atoms with Crippen molar-refractivity contribution < 1.29 is 0 Å². The zero-order chi connectivity index (χ0) is 16.0. The van der Waals surface area contributed by atoms with E-state index in [0.29, 0.717) is 34.7 Å². The molecule has 0 bridgehead atoms. The molecule has 2 aromatic rings.